The van der Waals surface area contributed by atoms with Gasteiger partial charge >= 0.3 is 0 Å². The van der Waals surface area contributed by atoms with Crippen molar-refractivity contribution >= 4 is 10.9 Å². The van der Waals surface area contributed by atoms with Crippen molar-refractivity contribution in [3.63, 3.8) is 0 Å². The molecule has 1 aromatic heterocycles. The third-order valence-electron chi connectivity index (χ3n) is 3.97. The standard InChI is InChI=1S/C15H21N3/c1-3-11-5-4-6-12-13(9-17-15(11)12)14-10-18(2)8-7-16-14/h4-6,9,14,16-17H,3,7-8,10H2,1-2H3. The normalized spacial score (nSPS) is 21.6. The summed E-state index contributed by atoms with van der Waals surface area (Å²) in [5, 5.41) is 5.00. The molecule has 1 unspecified atom stereocenters. The molecule has 0 aliphatic carbocycles. The van der Waals surface area contributed by atoms with Crippen LogP contribution in [0.1, 0.15) is 24.1 Å². The number of nitrogens with one attached hydrogen (secondary N) is 2. The Hall–Kier alpha value is -1.32. The number of para-hydroxylation sites is 1. The molecule has 1 fully saturated rings. The SMILES string of the molecule is CCc1cccc2c(C3CN(C)CCN3)c[nH]c12. The smallest absolute Gasteiger partial charge is 0.0489 e. The summed E-state index contributed by atoms with van der Waals surface area (Å²) in [6.07, 6.45) is 3.26. The van der Waals surface area contributed by atoms with Crippen LogP contribution < -0.4 is 5.32 Å². The minimum Gasteiger partial charge on any atom is -0.361 e. The van der Waals surface area contributed by atoms with Crippen molar-refractivity contribution in [1.82, 2.24) is 15.2 Å². The number of H-pyrrole nitrogens is 1. The fourth-order valence-electron chi connectivity index (χ4n) is 2.93. The van der Waals surface area contributed by atoms with Crippen molar-refractivity contribution < 1.29 is 0 Å². The Bertz CT molecular complexity index is 544. The van der Waals surface area contributed by atoms with E-state index in [1.807, 2.05) is 0 Å². The fourth-order valence-corrected chi connectivity index (χ4v) is 2.93. The van der Waals surface area contributed by atoms with Crippen molar-refractivity contribution in [3.8, 4) is 0 Å². The van der Waals surface area contributed by atoms with Gasteiger partial charge in [0.2, 0.25) is 0 Å². The molecule has 0 amide bonds. The Kier molecular flexibility index (Phi) is 3.10. The number of benzene rings is 1. The quantitative estimate of drug-likeness (QED) is 0.848. The summed E-state index contributed by atoms with van der Waals surface area (Å²) in [5.41, 5.74) is 4.12. The van der Waals surface area contributed by atoms with E-state index in [9.17, 15) is 0 Å². The molecule has 1 aliphatic rings. The van der Waals surface area contributed by atoms with E-state index < -0.39 is 0 Å². The first kappa shape index (κ1) is 11.8. The lowest BCUT2D eigenvalue weighted by atomic mass is 10.0. The number of likely N-dealkylation sites (N-methyl/N-ethyl adjacent to an activating group) is 1. The largest absolute Gasteiger partial charge is 0.361 e. The second-order valence-electron chi connectivity index (χ2n) is 5.21. The van der Waals surface area contributed by atoms with E-state index in [4.69, 9.17) is 0 Å². The predicted octanol–water partition coefficient (Wildman–Crippen LogP) is 2.31. The van der Waals surface area contributed by atoms with Gasteiger partial charge in [0.1, 0.15) is 0 Å². The van der Waals surface area contributed by atoms with E-state index in [0.717, 1.165) is 26.1 Å². The van der Waals surface area contributed by atoms with Crippen LogP contribution >= 0.6 is 0 Å². The molecule has 3 nitrogen and oxygen atoms in total. The summed E-state index contributed by atoms with van der Waals surface area (Å²) >= 11 is 0. The van der Waals surface area contributed by atoms with Gasteiger partial charge in [-0.1, -0.05) is 25.1 Å². The molecule has 96 valence electrons. The van der Waals surface area contributed by atoms with E-state index in [1.54, 1.807) is 0 Å². The molecular weight excluding hydrogens is 222 g/mol. The molecule has 3 heteroatoms. The van der Waals surface area contributed by atoms with Crippen LogP contribution in [0.15, 0.2) is 24.4 Å². The lowest BCUT2D eigenvalue weighted by Crippen LogP contribution is -2.43. The zero-order valence-corrected chi connectivity index (χ0v) is 11.2. The lowest BCUT2D eigenvalue weighted by molar-refractivity contribution is 0.241. The number of rotatable bonds is 2. The molecule has 1 aromatic carbocycles. The number of aromatic nitrogens is 1. The molecular formula is C15H21N3. The number of piperazine rings is 1. The highest BCUT2D eigenvalue weighted by atomic mass is 15.2. The van der Waals surface area contributed by atoms with Crippen LogP contribution in [0.25, 0.3) is 10.9 Å². The Morgan fingerprint density at radius 1 is 1.39 bits per heavy atom. The van der Waals surface area contributed by atoms with Gasteiger partial charge in [0.25, 0.3) is 0 Å². The number of hydrogen-bond donors (Lipinski definition) is 2. The van der Waals surface area contributed by atoms with Crippen molar-refractivity contribution in [2.45, 2.75) is 19.4 Å². The number of nitrogens with zero attached hydrogens (tertiary/aromatic N) is 1. The first-order valence-electron chi connectivity index (χ1n) is 6.80. The van der Waals surface area contributed by atoms with E-state index in [2.05, 4.69) is 53.6 Å². The van der Waals surface area contributed by atoms with Gasteiger partial charge < -0.3 is 15.2 Å². The molecule has 3 rings (SSSR count). The highest BCUT2D eigenvalue weighted by molar-refractivity contribution is 5.86. The van der Waals surface area contributed by atoms with E-state index in [1.165, 1.54) is 22.0 Å². The highest BCUT2D eigenvalue weighted by Gasteiger charge is 2.21. The van der Waals surface area contributed by atoms with Crippen LogP contribution in [0.5, 0.6) is 0 Å². The summed E-state index contributed by atoms with van der Waals surface area (Å²) in [6.45, 7) is 5.51. The zero-order valence-electron chi connectivity index (χ0n) is 11.2. The van der Waals surface area contributed by atoms with Gasteiger partial charge in [-0.3, -0.25) is 0 Å². The third-order valence-corrected chi connectivity index (χ3v) is 3.97. The minimum atomic E-state index is 0.449. The van der Waals surface area contributed by atoms with Crippen molar-refractivity contribution in [1.29, 1.82) is 0 Å². The second kappa shape index (κ2) is 4.75. The Labute approximate surface area is 108 Å². The summed E-state index contributed by atoms with van der Waals surface area (Å²) < 4.78 is 0. The van der Waals surface area contributed by atoms with Crippen LogP contribution in [-0.4, -0.2) is 36.6 Å². The van der Waals surface area contributed by atoms with E-state index in [-0.39, 0.29) is 0 Å². The van der Waals surface area contributed by atoms with Gasteiger partial charge in [-0.05, 0) is 24.6 Å². The molecule has 2 aromatic rings. The molecule has 0 spiro atoms. The molecule has 1 atom stereocenters. The van der Waals surface area contributed by atoms with Gasteiger partial charge in [-0.2, -0.15) is 0 Å². The van der Waals surface area contributed by atoms with Gasteiger partial charge in [0.15, 0.2) is 0 Å². The second-order valence-corrected chi connectivity index (χ2v) is 5.21. The maximum absolute atomic E-state index is 3.62. The van der Waals surface area contributed by atoms with Crippen LogP contribution in [0, 0.1) is 0 Å². The minimum absolute atomic E-state index is 0.449. The van der Waals surface area contributed by atoms with Gasteiger partial charge in [0.05, 0.1) is 0 Å². The topological polar surface area (TPSA) is 31.1 Å². The Morgan fingerprint density at radius 2 is 2.28 bits per heavy atom. The molecule has 18 heavy (non-hydrogen) atoms. The molecule has 2 N–H and O–H groups in total. The average Bonchev–Trinajstić information content (AvgIpc) is 2.82. The summed E-state index contributed by atoms with van der Waals surface area (Å²) in [6, 6.07) is 7.06. The number of aryl methyl sites for hydroxylation is 1. The van der Waals surface area contributed by atoms with Crippen LogP contribution in [0.3, 0.4) is 0 Å². The Morgan fingerprint density at radius 3 is 3.06 bits per heavy atom. The van der Waals surface area contributed by atoms with Crippen LogP contribution in [-0.2, 0) is 6.42 Å². The van der Waals surface area contributed by atoms with Gasteiger partial charge in [-0.15, -0.1) is 0 Å². The lowest BCUT2D eigenvalue weighted by Gasteiger charge is -2.30. The predicted molar refractivity (Wildman–Crippen MR) is 75.9 cm³/mol. The first-order chi connectivity index (χ1) is 8.79. The van der Waals surface area contributed by atoms with Crippen LogP contribution in [0.4, 0.5) is 0 Å². The van der Waals surface area contributed by atoms with Crippen LogP contribution in [0.2, 0.25) is 0 Å². The van der Waals surface area contributed by atoms with E-state index >= 15 is 0 Å². The highest BCUT2D eigenvalue weighted by Crippen LogP contribution is 2.28. The maximum Gasteiger partial charge on any atom is 0.0489 e. The third kappa shape index (κ3) is 1.93. The number of aromatic amines is 1. The number of hydrogen-bond acceptors (Lipinski definition) is 2. The molecule has 2 heterocycles. The average molecular weight is 243 g/mol. The molecule has 0 radical (unpaired) electrons. The molecule has 1 saturated heterocycles. The maximum atomic E-state index is 3.62. The van der Waals surface area contributed by atoms with Crippen molar-refractivity contribution in [3.05, 3.63) is 35.5 Å². The first-order valence-corrected chi connectivity index (χ1v) is 6.80. The van der Waals surface area contributed by atoms with Crippen molar-refractivity contribution in [2.75, 3.05) is 26.7 Å². The molecule has 0 bridgehead atoms. The van der Waals surface area contributed by atoms with E-state index in [0.29, 0.717) is 6.04 Å². The van der Waals surface area contributed by atoms with Gasteiger partial charge in [-0.25, -0.2) is 0 Å². The van der Waals surface area contributed by atoms with Gasteiger partial charge in [0, 0.05) is 42.8 Å². The Balaban J connectivity index is 2.02. The monoisotopic (exact) mass is 243 g/mol. The molecule has 0 saturated carbocycles. The summed E-state index contributed by atoms with van der Waals surface area (Å²) in [7, 11) is 2.19. The fraction of sp³-hybridized carbons (Fsp3) is 0.467. The summed E-state index contributed by atoms with van der Waals surface area (Å²) in [5.74, 6) is 0. The number of fused-ring (bicyclic) bond motifs is 1. The molecule has 1 aliphatic heterocycles. The van der Waals surface area contributed by atoms with Crippen molar-refractivity contribution in [2.24, 2.45) is 0 Å². The zero-order chi connectivity index (χ0) is 12.5. The summed E-state index contributed by atoms with van der Waals surface area (Å²) in [4.78, 5) is 5.85.